The number of thiophene rings is 1. The van der Waals surface area contributed by atoms with Gasteiger partial charge in [-0.2, -0.15) is 0 Å². The molecule has 0 N–H and O–H groups in total. The fourth-order valence-corrected chi connectivity index (χ4v) is 4.02. The summed E-state index contributed by atoms with van der Waals surface area (Å²) in [6.45, 7) is 1.62. The molecule has 1 atom stereocenters. The summed E-state index contributed by atoms with van der Waals surface area (Å²) in [6, 6.07) is 12.3. The van der Waals surface area contributed by atoms with Crippen molar-refractivity contribution in [2.45, 2.75) is 25.6 Å². The molecule has 1 saturated heterocycles. The average molecular weight is 300 g/mol. The molecule has 4 nitrogen and oxygen atoms in total. The molecule has 4 rings (SSSR count). The van der Waals surface area contributed by atoms with Crippen LogP contribution in [0.25, 0.3) is 11.1 Å². The summed E-state index contributed by atoms with van der Waals surface area (Å²) >= 11 is 1.79. The zero-order valence-corrected chi connectivity index (χ0v) is 12.4. The van der Waals surface area contributed by atoms with Crippen molar-refractivity contribution in [3.63, 3.8) is 0 Å². The summed E-state index contributed by atoms with van der Waals surface area (Å²) in [5, 5.41) is 2.12. The number of fused-ring (bicyclic) bond motifs is 1. The van der Waals surface area contributed by atoms with E-state index in [4.69, 9.17) is 4.42 Å². The van der Waals surface area contributed by atoms with Gasteiger partial charge < -0.3 is 4.42 Å². The maximum atomic E-state index is 12.1. The van der Waals surface area contributed by atoms with Gasteiger partial charge in [0.05, 0.1) is 12.2 Å². The number of hydrogen-bond acceptors (Lipinski definition) is 4. The maximum Gasteiger partial charge on any atom is 0.421 e. The molecule has 1 aliphatic rings. The molecule has 2 aromatic heterocycles. The molecule has 3 aromatic rings. The van der Waals surface area contributed by atoms with Crippen LogP contribution in [-0.4, -0.2) is 16.0 Å². The van der Waals surface area contributed by atoms with Crippen molar-refractivity contribution in [3.8, 4) is 0 Å². The summed E-state index contributed by atoms with van der Waals surface area (Å²) in [5.74, 6) is -0.270. The molecule has 108 valence electrons. The van der Waals surface area contributed by atoms with Gasteiger partial charge in [-0.1, -0.05) is 18.2 Å². The number of para-hydroxylation sites is 2. The summed E-state index contributed by atoms with van der Waals surface area (Å²) in [7, 11) is 0. The summed E-state index contributed by atoms with van der Waals surface area (Å²) < 4.78 is 7.06. The molecule has 0 aliphatic carbocycles. The molecule has 1 aromatic carbocycles. The predicted molar refractivity (Wildman–Crippen MR) is 83.5 cm³/mol. The maximum absolute atomic E-state index is 12.1. The highest BCUT2D eigenvalue weighted by atomic mass is 32.1. The number of likely N-dealkylation sites (tertiary alicyclic amines) is 1. The van der Waals surface area contributed by atoms with E-state index in [-0.39, 0.29) is 5.76 Å². The highest BCUT2D eigenvalue weighted by molar-refractivity contribution is 7.10. The van der Waals surface area contributed by atoms with Crippen molar-refractivity contribution in [2.75, 3.05) is 6.54 Å². The van der Waals surface area contributed by atoms with Crippen LogP contribution in [0.2, 0.25) is 0 Å². The standard InChI is InChI=1S/C16H16N2O2S/c19-16-18(12-5-1-2-7-14(12)20-16)11-17-9-3-6-13(17)15-8-4-10-21-15/h1-2,4-5,7-8,10,13H,3,6,9,11H2/t13-/m1/s1. The molecule has 0 radical (unpaired) electrons. The van der Waals surface area contributed by atoms with Crippen LogP contribution in [0.5, 0.6) is 0 Å². The van der Waals surface area contributed by atoms with Crippen LogP contribution < -0.4 is 5.76 Å². The van der Waals surface area contributed by atoms with Crippen molar-refractivity contribution in [2.24, 2.45) is 0 Å². The van der Waals surface area contributed by atoms with Crippen LogP contribution in [0, 0.1) is 0 Å². The van der Waals surface area contributed by atoms with Gasteiger partial charge in [-0.3, -0.25) is 9.47 Å². The van der Waals surface area contributed by atoms with E-state index in [0.29, 0.717) is 18.3 Å². The van der Waals surface area contributed by atoms with Gasteiger partial charge in [0.1, 0.15) is 0 Å². The van der Waals surface area contributed by atoms with Gasteiger partial charge in [0.2, 0.25) is 0 Å². The second-order valence-corrected chi connectivity index (χ2v) is 6.37. The SMILES string of the molecule is O=c1oc2ccccc2n1CN1CCC[C@@H]1c1cccs1. The number of oxazole rings is 1. The highest BCUT2D eigenvalue weighted by Crippen LogP contribution is 2.34. The van der Waals surface area contributed by atoms with Gasteiger partial charge in [-0.15, -0.1) is 11.3 Å². The van der Waals surface area contributed by atoms with Crippen LogP contribution in [0.15, 0.2) is 51.0 Å². The number of hydrogen-bond donors (Lipinski definition) is 0. The lowest BCUT2D eigenvalue weighted by Crippen LogP contribution is -2.30. The zero-order valence-electron chi connectivity index (χ0n) is 11.6. The fraction of sp³-hybridized carbons (Fsp3) is 0.312. The van der Waals surface area contributed by atoms with Gasteiger partial charge >= 0.3 is 5.76 Å². The Balaban J connectivity index is 1.68. The Morgan fingerprint density at radius 1 is 1.24 bits per heavy atom. The summed E-state index contributed by atoms with van der Waals surface area (Å²) in [6.07, 6.45) is 2.33. The van der Waals surface area contributed by atoms with Crippen molar-refractivity contribution in [3.05, 3.63) is 57.2 Å². The first-order chi connectivity index (χ1) is 10.3. The molecule has 0 saturated carbocycles. The fourth-order valence-electron chi connectivity index (χ4n) is 3.13. The van der Waals surface area contributed by atoms with Crippen LogP contribution >= 0.6 is 11.3 Å². The molecule has 0 spiro atoms. The third kappa shape index (κ3) is 2.22. The molecule has 21 heavy (non-hydrogen) atoms. The highest BCUT2D eigenvalue weighted by Gasteiger charge is 2.27. The van der Waals surface area contributed by atoms with Crippen molar-refractivity contribution < 1.29 is 4.42 Å². The number of aromatic nitrogens is 1. The van der Waals surface area contributed by atoms with Crippen molar-refractivity contribution in [1.82, 2.24) is 9.47 Å². The third-order valence-electron chi connectivity index (χ3n) is 4.13. The van der Waals surface area contributed by atoms with Gasteiger partial charge in [0, 0.05) is 17.5 Å². The summed E-state index contributed by atoms with van der Waals surface area (Å²) in [4.78, 5) is 15.8. The first kappa shape index (κ1) is 12.9. The molecule has 1 fully saturated rings. The second kappa shape index (κ2) is 5.16. The Bertz CT molecular complexity index is 803. The molecular weight excluding hydrogens is 284 g/mol. The lowest BCUT2D eigenvalue weighted by Gasteiger charge is -2.23. The van der Waals surface area contributed by atoms with Gasteiger partial charge in [-0.25, -0.2) is 4.79 Å². The minimum Gasteiger partial charge on any atom is -0.408 e. The van der Waals surface area contributed by atoms with E-state index < -0.39 is 0 Å². The van der Waals surface area contributed by atoms with E-state index in [1.54, 1.807) is 15.9 Å². The number of rotatable bonds is 3. The van der Waals surface area contributed by atoms with Crippen LogP contribution in [0.3, 0.4) is 0 Å². The van der Waals surface area contributed by atoms with Crippen molar-refractivity contribution >= 4 is 22.4 Å². The molecule has 0 amide bonds. The zero-order chi connectivity index (χ0) is 14.2. The Kier molecular flexibility index (Phi) is 3.16. The first-order valence-corrected chi connectivity index (χ1v) is 8.07. The smallest absolute Gasteiger partial charge is 0.408 e. The Morgan fingerprint density at radius 2 is 2.14 bits per heavy atom. The lowest BCUT2D eigenvalue weighted by atomic mass is 10.2. The van der Waals surface area contributed by atoms with E-state index in [2.05, 4.69) is 22.4 Å². The second-order valence-electron chi connectivity index (χ2n) is 5.39. The van der Waals surface area contributed by atoms with E-state index in [1.807, 2.05) is 24.3 Å². The van der Waals surface area contributed by atoms with Gasteiger partial charge in [-0.05, 0) is 36.4 Å². The van der Waals surface area contributed by atoms with E-state index >= 15 is 0 Å². The topological polar surface area (TPSA) is 38.4 Å². The van der Waals surface area contributed by atoms with Gasteiger partial charge in [0.15, 0.2) is 5.58 Å². The molecule has 0 bridgehead atoms. The first-order valence-electron chi connectivity index (χ1n) is 7.19. The normalized spacial score (nSPS) is 19.5. The average Bonchev–Trinajstić information content (AvgIpc) is 3.20. The van der Waals surface area contributed by atoms with E-state index in [1.165, 1.54) is 11.3 Å². The number of benzene rings is 1. The minimum absolute atomic E-state index is 0.270. The molecule has 1 aliphatic heterocycles. The molecule has 0 unspecified atom stereocenters. The van der Waals surface area contributed by atoms with Crippen LogP contribution in [0.1, 0.15) is 23.8 Å². The predicted octanol–water partition coefficient (Wildman–Crippen LogP) is 3.45. The van der Waals surface area contributed by atoms with Gasteiger partial charge in [0.25, 0.3) is 0 Å². The molecular formula is C16H16N2O2S. The largest absolute Gasteiger partial charge is 0.421 e. The third-order valence-corrected chi connectivity index (χ3v) is 5.11. The quantitative estimate of drug-likeness (QED) is 0.743. The Hall–Kier alpha value is -1.85. The van der Waals surface area contributed by atoms with E-state index in [9.17, 15) is 4.79 Å². The minimum atomic E-state index is -0.270. The monoisotopic (exact) mass is 300 g/mol. The van der Waals surface area contributed by atoms with Crippen LogP contribution in [0.4, 0.5) is 0 Å². The Morgan fingerprint density at radius 3 is 3.00 bits per heavy atom. The molecule has 5 heteroatoms. The van der Waals surface area contributed by atoms with Crippen LogP contribution in [-0.2, 0) is 6.67 Å². The summed E-state index contributed by atoms with van der Waals surface area (Å²) in [5.41, 5.74) is 1.54. The number of nitrogens with zero attached hydrogens (tertiary/aromatic N) is 2. The van der Waals surface area contributed by atoms with Crippen molar-refractivity contribution in [1.29, 1.82) is 0 Å². The Labute approximate surface area is 126 Å². The lowest BCUT2D eigenvalue weighted by molar-refractivity contribution is 0.200. The molecule has 3 heterocycles. The van der Waals surface area contributed by atoms with E-state index in [0.717, 1.165) is 18.5 Å².